The highest BCUT2D eigenvalue weighted by molar-refractivity contribution is 5.93. The average molecular weight is 194 g/mol. The Kier molecular flexibility index (Phi) is 1.97. The molecule has 0 radical (unpaired) electrons. The van der Waals surface area contributed by atoms with Gasteiger partial charge in [-0.05, 0) is 12.5 Å². The number of nitrogens with zero attached hydrogens (tertiary/aromatic N) is 1. The largest absolute Gasteiger partial charge is 0.366 e. The molecule has 0 spiro atoms. The molecule has 0 aromatic heterocycles. The maximum Gasteiger partial charge on any atom is 0.252 e. The first-order valence-electron chi connectivity index (χ1n) is 4.88. The molecule has 4 N–H and O–H groups in total. The summed E-state index contributed by atoms with van der Waals surface area (Å²) in [4.78, 5) is 11.1. The van der Waals surface area contributed by atoms with E-state index in [2.05, 4.69) is 13.1 Å². The van der Waals surface area contributed by atoms with E-state index in [1.165, 1.54) is 0 Å². The SMILES string of the molecule is C[N+]12CCCC=C1C=C(C(N)=O)C2N. The third-order valence-electron chi connectivity index (χ3n) is 3.29. The smallest absolute Gasteiger partial charge is 0.252 e. The van der Waals surface area contributed by atoms with Gasteiger partial charge in [-0.25, -0.2) is 0 Å². The molecule has 0 saturated heterocycles. The molecule has 0 saturated carbocycles. The number of rotatable bonds is 1. The van der Waals surface area contributed by atoms with Gasteiger partial charge in [-0.15, -0.1) is 0 Å². The van der Waals surface area contributed by atoms with Crippen molar-refractivity contribution in [2.75, 3.05) is 13.6 Å². The van der Waals surface area contributed by atoms with Crippen LogP contribution < -0.4 is 11.5 Å². The topological polar surface area (TPSA) is 69.1 Å². The first kappa shape index (κ1) is 9.43. The Morgan fingerprint density at radius 3 is 2.93 bits per heavy atom. The van der Waals surface area contributed by atoms with Gasteiger partial charge in [0.25, 0.3) is 5.91 Å². The number of primary amides is 1. The van der Waals surface area contributed by atoms with Crippen molar-refractivity contribution in [2.24, 2.45) is 11.5 Å². The van der Waals surface area contributed by atoms with Gasteiger partial charge < -0.3 is 5.73 Å². The van der Waals surface area contributed by atoms with Gasteiger partial charge in [-0.2, -0.15) is 0 Å². The molecule has 76 valence electrons. The lowest BCUT2D eigenvalue weighted by atomic mass is 10.1. The van der Waals surface area contributed by atoms with Gasteiger partial charge in [0, 0.05) is 12.5 Å². The van der Waals surface area contributed by atoms with E-state index in [0.29, 0.717) is 10.1 Å². The minimum atomic E-state index is -0.396. The molecule has 2 atom stereocenters. The number of allylic oxidation sites excluding steroid dienone is 2. The second kappa shape index (κ2) is 2.93. The molecule has 14 heavy (non-hydrogen) atoms. The Bertz CT molecular complexity index is 345. The van der Waals surface area contributed by atoms with Crippen molar-refractivity contribution in [3.63, 3.8) is 0 Å². The highest BCUT2D eigenvalue weighted by Crippen LogP contribution is 2.34. The molecule has 2 aliphatic heterocycles. The molecular weight excluding hydrogens is 178 g/mol. The molecule has 2 unspecified atom stereocenters. The van der Waals surface area contributed by atoms with Gasteiger partial charge in [-0.3, -0.25) is 15.0 Å². The fraction of sp³-hybridized carbons (Fsp3) is 0.500. The zero-order chi connectivity index (χ0) is 10.3. The summed E-state index contributed by atoms with van der Waals surface area (Å²) in [7, 11) is 2.06. The van der Waals surface area contributed by atoms with E-state index < -0.39 is 5.91 Å². The quantitative estimate of drug-likeness (QED) is 0.569. The molecule has 0 fully saturated rings. The van der Waals surface area contributed by atoms with Crippen molar-refractivity contribution in [1.82, 2.24) is 0 Å². The number of hydrogen-bond acceptors (Lipinski definition) is 2. The van der Waals surface area contributed by atoms with E-state index >= 15 is 0 Å². The molecule has 1 amide bonds. The lowest BCUT2D eigenvalue weighted by Crippen LogP contribution is -2.55. The van der Waals surface area contributed by atoms with E-state index in [1.54, 1.807) is 0 Å². The van der Waals surface area contributed by atoms with Crippen molar-refractivity contribution in [2.45, 2.75) is 19.0 Å². The van der Waals surface area contributed by atoms with Crippen LogP contribution in [0.15, 0.2) is 23.4 Å². The van der Waals surface area contributed by atoms with Crippen LogP contribution in [0.4, 0.5) is 0 Å². The third kappa shape index (κ3) is 1.11. The Morgan fingerprint density at radius 1 is 1.64 bits per heavy atom. The van der Waals surface area contributed by atoms with Gasteiger partial charge in [-0.1, -0.05) is 0 Å². The number of fused-ring (bicyclic) bond motifs is 1. The lowest BCUT2D eigenvalue weighted by molar-refractivity contribution is -0.886. The number of likely N-dealkylation sites (N-methyl/N-ethyl adjacent to an activating group) is 1. The minimum Gasteiger partial charge on any atom is -0.366 e. The van der Waals surface area contributed by atoms with Crippen LogP contribution in [0.5, 0.6) is 0 Å². The lowest BCUT2D eigenvalue weighted by Gasteiger charge is -2.37. The fourth-order valence-corrected chi connectivity index (χ4v) is 2.28. The summed E-state index contributed by atoms with van der Waals surface area (Å²) in [5.41, 5.74) is 13.0. The molecule has 2 aliphatic rings. The first-order valence-corrected chi connectivity index (χ1v) is 4.88. The molecule has 2 heterocycles. The Labute approximate surface area is 83.4 Å². The van der Waals surface area contributed by atoms with Crippen LogP contribution in [0.25, 0.3) is 0 Å². The molecule has 0 aromatic rings. The summed E-state index contributed by atoms with van der Waals surface area (Å²) in [5.74, 6) is -0.396. The zero-order valence-corrected chi connectivity index (χ0v) is 8.36. The van der Waals surface area contributed by atoms with Crippen molar-refractivity contribution in [1.29, 1.82) is 0 Å². The first-order chi connectivity index (χ1) is 6.55. The zero-order valence-electron chi connectivity index (χ0n) is 8.36. The van der Waals surface area contributed by atoms with E-state index in [0.717, 1.165) is 25.1 Å². The maximum absolute atomic E-state index is 11.1. The van der Waals surface area contributed by atoms with Gasteiger partial charge >= 0.3 is 0 Å². The fourth-order valence-electron chi connectivity index (χ4n) is 2.28. The van der Waals surface area contributed by atoms with E-state index in [1.807, 2.05) is 6.08 Å². The van der Waals surface area contributed by atoms with Crippen molar-refractivity contribution in [3.05, 3.63) is 23.4 Å². The maximum atomic E-state index is 11.1. The summed E-state index contributed by atoms with van der Waals surface area (Å²) in [6.07, 6.45) is 5.91. The van der Waals surface area contributed by atoms with Gasteiger partial charge in [0.05, 0.1) is 19.2 Å². The highest BCUT2D eigenvalue weighted by Gasteiger charge is 2.44. The second-order valence-corrected chi connectivity index (χ2v) is 4.17. The molecule has 0 aromatic carbocycles. The monoisotopic (exact) mass is 194 g/mol. The van der Waals surface area contributed by atoms with Crippen molar-refractivity contribution >= 4 is 5.91 Å². The Morgan fingerprint density at radius 2 is 2.36 bits per heavy atom. The van der Waals surface area contributed by atoms with Crippen LogP contribution in [0, 0.1) is 0 Å². The predicted molar refractivity (Wildman–Crippen MR) is 53.6 cm³/mol. The van der Waals surface area contributed by atoms with Crippen LogP contribution in [-0.2, 0) is 4.79 Å². The molecular formula is C10H16N3O+. The average Bonchev–Trinajstić information content (AvgIpc) is 2.40. The molecule has 4 heteroatoms. The highest BCUT2D eigenvalue weighted by atomic mass is 16.1. The van der Waals surface area contributed by atoms with Crippen LogP contribution >= 0.6 is 0 Å². The van der Waals surface area contributed by atoms with Crippen LogP contribution in [0.1, 0.15) is 12.8 Å². The summed E-state index contributed by atoms with van der Waals surface area (Å²) >= 11 is 0. The van der Waals surface area contributed by atoms with Gasteiger partial charge in [0.1, 0.15) is 5.70 Å². The van der Waals surface area contributed by atoms with E-state index in [4.69, 9.17) is 11.5 Å². The van der Waals surface area contributed by atoms with E-state index in [9.17, 15) is 4.79 Å². The Balaban J connectivity index is 2.42. The minimum absolute atomic E-state index is 0.279. The molecule has 2 rings (SSSR count). The standard InChI is InChI=1S/C10H15N3O/c1-13-5-3-2-4-7(13)6-8(9(13)11)10(12)14/h4,6,9H,2-3,5,11H2,1H3,(H-,12,14)/p+1. The number of quaternary nitrogens is 1. The molecule has 4 nitrogen and oxygen atoms in total. The molecule has 0 bridgehead atoms. The van der Waals surface area contributed by atoms with Crippen LogP contribution in [0.3, 0.4) is 0 Å². The number of nitrogens with two attached hydrogens (primary N) is 2. The van der Waals surface area contributed by atoms with Crippen LogP contribution in [-0.4, -0.2) is 30.1 Å². The van der Waals surface area contributed by atoms with Crippen LogP contribution in [0.2, 0.25) is 0 Å². The predicted octanol–water partition coefficient (Wildman–Crippen LogP) is -0.179. The van der Waals surface area contributed by atoms with Crippen molar-refractivity contribution in [3.8, 4) is 0 Å². The summed E-state index contributed by atoms with van der Waals surface area (Å²) in [5, 5.41) is 0. The van der Waals surface area contributed by atoms with Gasteiger partial charge in [0.15, 0.2) is 6.17 Å². The normalized spacial score (nSPS) is 36.0. The summed E-state index contributed by atoms with van der Waals surface area (Å²) in [6, 6.07) is 0. The number of carbonyl (C=O) groups is 1. The number of carbonyl (C=O) groups excluding carboxylic acids is 1. The summed E-state index contributed by atoms with van der Waals surface area (Å²) in [6.45, 7) is 0.986. The third-order valence-corrected chi connectivity index (χ3v) is 3.29. The number of amides is 1. The molecule has 0 aliphatic carbocycles. The second-order valence-electron chi connectivity index (χ2n) is 4.17. The van der Waals surface area contributed by atoms with Crippen molar-refractivity contribution < 1.29 is 9.28 Å². The number of hydrogen-bond donors (Lipinski definition) is 2. The summed E-state index contributed by atoms with van der Waals surface area (Å²) < 4.78 is 0.637. The van der Waals surface area contributed by atoms with Gasteiger partial charge in [0.2, 0.25) is 0 Å². The Hall–Kier alpha value is -1.13. The van der Waals surface area contributed by atoms with E-state index in [-0.39, 0.29) is 6.17 Å².